The number of aliphatic hydroxyl groups is 1. The molecule has 1 saturated heterocycles. The fraction of sp³-hybridized carbons (Fsp3) is 0.368. The zero-order valence-electron chi connectivity index (χ0n) is 14.2. The van der Waals surface area contributed by atoms with E-state index in [-0.39, 0.29) is 12.5 Å². The SMILES string of the molecule is COc1cc(C(=O)N2CCOC(CO)(Cc3ccccc3)C2)ccn1. The number of rotatable bonds is 5. The molecule has 0 saturated carbocycles. The monoisotopic (exact) mass is 342 g/mol. The molecule has 6 heteroatoms. The van der Waals surface area contributed by atoms with Crippen molar-refractivity contribution >= 4 is 5.91 Å². The van der Waals surface area contributed by atoms with Crippen molar-refractivity contribution in [1.29, 1.82) is 0 Å². The molecule has 2 aromatic rings. The topological polar surface area (TPSA) is 71.9 Å². The van der Waals surface area contributed by atoms with Crippen molar-refractivity contribution < 1.29 is 19.4 Å². The molecule has 3 rings (SSSR count). The van der Waals surface area contributed by atoms with Crippen LogP contribution in [0.25, 0.3) is 0 Å². The highest BCUT2D eigenvalue weighted by Gasteiger charge is 2.38. The number of amides is 1. The van der Waals surface area contributed by atoms with E-state index >= 15 is 0 Å². The van der Waals surface area contributed by atoms with Crippen molar-refractivity contribution in [2.24, 2.45) is 0 Å². The average molecular weight is 342 g/mol. The third-order valence-electron chi connectivity index (χ3n) is 4.38. The van der Waals surface area contributed by atoms with Crippen molar-refractivity contribution in [1.82, 2.24) is 9.88 Å². The Bertz CT molecular complexity index is 722. The van der Waals surface area contributed by atoms with Gasteiger partial charge in [-0.1, -0.05) is 30.3 Å². The molecule has 1 aromatic heterocycles. The van der Waals surface area contributed by atoms with E-state index in [1.807, 2.05) is 30.3 Å². The molecule has 2 heterocycles. The van der Waals surface area contributed by atoms with Gasteiger partial charge in [0.05, 0.1) is 26.9 Å². The molecule has 0 spiro atoms. The number of aliphatic hydroxyl groups excluding tert-OH is 1. The van der Waals surface area contributed by atoms with E-state index in [1.54, 1.807) is 23.2 Å². The second-order valence-electron chi connectivity index (χ2n) is 6.17. The lowest BCUT2D eigenvalue weighted by molar-refractivity contribution is -0.123. The predicted octanol–water partition coefficient (Wildman–Crippen LogP) is 1.54. The first-order valence-electron chi connectivity index (χ1n) is 8.24. The van der Waals surface area contributed by atoms with Crippen molar-refractivity contribution in [2.75, 3.05) is 33.4 Å². The molecule has 1 atom stereocenters. The maximum Gasteiger partial charge on any atom is 0.254 e. The minimum absolute atomic E-state index is 0.116. The Morgan fingerprint density at radius 2 is 2.16 bits per heavy atom. The smallest absolute Gasteiger partial charge is 0.254 e. The Kier molecular flexibility index (Phi) is 5.31. The van der Waals surface area contributed by atoms with Crippen LogP contribution in [0.4, 0.5) is 0 Å². The number of benzene rings is 1. The molecule has 1 aliphatic rings. The standard InChI is InChI=1S/C19H22N2O4/c1-24-17-11-16(7-8-20-17)18(23)21-9-10-25-19(13-21,14-22)12-15-5-3-2-4-6-15/h2-8,11,22H,9-10,12-14H2,1H3. The van der Waals surface area contributed by atoms with E-state index in [0.717, 1.165) is 5.56 Å². The lowest BCUT2D eigenvalue weighted by atomic mass is 9.93. The zero-order valence-corrected chi connectivity index (χ0v) is 14.2. The van der Waals surface area contributed by atoms with Gasteiger partial charge in [-0.3, -0.25) is 4.79 Å². The van der Waals surface area contributed by atoms with Crippen LogP contribution in [-0.2, 0) is 11.2 Å². The van der Waals surface area contributed by atoms with Gasteiger partial charge >= 0.3 is 0 Å². The molecule has 0 bridgehead atoms. The Labute approximate surface area is 147 Å². The second kappa shape index (κ2) is 7.63. The molecule has 132 valence electrons. The van der Waals surface area contributed by atoms with Crippen LogP contribution < -0.4 is 4.74 Å². The van der Waals surface area contributed by atoms with Gasteiger partial charge < -0.3 is 19.5 Å². The summed E-state index contributed by atoms with van der Waals surface area (Å²) in [4.78, 5) is 18.6. The van der Waals surface area contributed by atoms with E-state index in [9.17, 15) is 9.90 Å². The number of morpholine rings is 1. The van der Waals surface area contributed by atoms with Crippen molar-refractivity contribution in [2.45, 2.75) is 12.0 Å². The predicted molar refractivity (Wildman–Crippen MR) is 92.6 cm³/mol. The number of hydrogen-bond donors (Lipinski definition) is 1. The summed E-state index contributed by atoms with van der Waals surface area (Å²) in [5.41, 5.74) is 0.795. The first-order valence-corrected chi connectivity index (χ1v) is 8.24. The second-order valence-corrected chi connectivity index (χ2v) is 6.17. The first kappa shape index (κ1) is 17.4. The normalized spacial score (nSPS) is 20.3. The van der Waals surface area contributed by atoms with Gasteiger partial charge in [-0.2, -0.15) is 0 Å². The lowest BCUT2D eigenvalue weighted by Crippen LogP contribution is -2.56. The zero-order chi connectivity index (χ0) is 17.7. The molecular weight excluding hydrogens is 320 g/mol. The molecule has 1 unspecified atom stereocenters. The highest BCUT2D eigenvalue weighted by atomic mass is 16.5. The summed E-state index contributed by atoms with van der Waals surface area (Å²) in [7, 11) is 1.52. The Balaban J connectivity index is 1.77. The molecule has 6 nitrogen and oxygen atoms in total. The Hall–Kier alpha value is -2.44. The number of pyridine rings is 1. The highest BCUT2D eigenvalue weighted by Crippen LogP contribution is 2.24. The van der Waals surface area contributed by atoms with Gasteiger partial charge in [-0.15, -0.1) is 0 Å². The van der Waals surface area contributed by atoms with E-state index in [0.29, 0.717) is 37.6 Å². The van der Waals surface area contributed by atoms with Crippen LogP contribution in [0.5, 0.6) is 5.88 Å². The number of carbonyl (C=O) groups is 1. The largest absolute Gasteiger partial charge is 0.481 e. The van der Waals surface area contributed by atoms with Gasteiger partial charge in [0, 0.05) is 30.8 Å². The maximum absolute atomic E-state index is 12.8. The molecule has 1 aliphatic heterocycles. The van der Waals surface area contributed by atoms with Gasteiger partial charge in [0.25, 0.3) is 5.91 Å². The first-order chi connectivity index (χ1) is 12.2. The van der Waals surface area contributed by atoms with Crippen molar-refractivity contribution in [3.8, 4) is 5.88 Å². The van der Waals surface area contributed by atoms with Crippen molar-refractivity contribution in [3.63, 3.8) is 0 Å². The molecular formula is C19H22N2O4. The molecule has 0 aliphatic carbocycles. The Morgan fingerprint density at radius 1 is 1.36 bits per heavy atom. The summed E-state index contributed by atoms with van der Waals surface area (Å²) in [5.74, 6) is 0.284. The summed E-state index contributed by atoms with van der Waals surface area (Å²) in [6.07, 6.45) is 2.10. The molecule has 1 fully saturated rings. The number of methoxy groups -OCH3 is 1. The van der Waals surface area contributed by atoms with Gasteiger partial charge in [-0.25, -0.2) is 4.98 Å². The summed E-state index contributed by atoms with van der Waals surface area (Å²) >= 11 is 0. The third-order valence-corrected chi connectivity index (χ3v) is 4.38. The van der Waals surface area contributed by atoms with E-state index in [4.69, 9.17) is 9.47 Å². The van der Waals surface area contributed by atoms with Crippen LogP contribution in [0, 0.1) is 0 Å². The molecule has 1 aromatic carbocycles. The van der Waals surface area contributed by atoms with Crippen molar-refractivity contribution in [3.05, 3.63) is 59.8 Å². The molecule has 1 N–H and O–H groups in total. The van der Waals surface area contributed by atoms with Gasteiger partial charge in [-0.05, 0) is 11.6 Å². The van der Waals surface area contributed by atoms with E-state index < -0.39 is 5.60 Å². The highest BCUT2D eigenvalue weighted by molar-refractivity contribution is 5.94. The molecule has 1 amide bonds. The summed E-state index contributed by atoms with van der Waals surface area (Å²) < 4.78 is 11.0. The van der Waals surface area contributed by atoms with Crippen LogP contribution >= 0.6 is 0 Å². The Morgan fingerprint density at radius 3 is 2.88 bits per heavy atom. The minimum Gasteiger partial charge on any atom is -0.481 e. The number of carbonyl (C=O) groups excluding carboxylic acids is 1. The van der Waals surface area contributed by atoms with Crippen LogP contribution in [0.1, 0.15) is 15.9 Å². The van der Waals surface area contributed by atoms with Gasteiger partial charge in [0.15, 0.2) is 0 Å². The molecule has 25 heavy (non-hydrogen) atoms. The minimum atomic E-state index is -0.785. The van der Waals surface area contributed by atoms with E-state index in [2.05, 4.69) is 4.98 Å². The number of hydrogen-bond acceptors (Lipinski definition) is 5. The third kappa shape index (κ3) is 3.97. The van der Waals surface area contributed by atoms with Gasteiger partial charge in [0.1, 0.15) is 5.60 Å². The van der Waals surface area contributed by atoms with Gasteiger partial charge in [0.2, 0.25) is 5.88 Å². The summed E-state index contributed by atoms with van der Waals surface area (Å²) in [6, 6.07) is 13.1. The van der Waals surface area contributed by atoms with Crippen LogP contribution in [0.15, 0.2) is 48.7 Å². The summed E-state index contributed by atoms with van der Waals surface area (Å²) in [6.45, 7) is 1.06. The lowest BCUT2D eigenvalue weighted by Gasteiger charge is -2.42. The summed E-state index contributed by atoms with van der Waals surface area (Å²) in [5, 5.41) is 9.96. The fourth-order valence-electron chi connectivity index (χ4n) is 3.08. The number of ether oxygens (including phenoxy) is 2. The fourth-order valence-corrected chi connectivity index (χ4v) is 3.08. The number of nitrogens with zero attached hydrogens (tertiary/aromatic N) is 2. The average Bonchev–Trinajstić information content (AvgIpc) is 2.68. The quantitative estimate of drug-likeness (QED) is 0.892. The van der Waals surface area contributed by atoms with Crippen LogP contribution in [0.3, 0.4) is 0 Å². The van der Waals surface area contributed by atoms with Crippen LogP contribution in [-0.4, -0.2) is 59.9 Å². The molecule has 0 radical (unpaired) electrons. The maximum atomic E-state index is 12.8. The number of aromatic nitrogens is 1. The van der Waals surface area contributed by atoms with E-state index in [1.165, 1.54) is 7.11 Å². The van der Waals surface area contributed by atoms with Crippen LogP contribution in [0.2, 0.25) is 0 Å².